The van der Waals surface area contributed by atoms with Crippen LogP contribution in [0.25, 0.3) is 0 Å². The molecule has 0 aliphatic heterocycles. The summed E-state index contributed by atoms with van der Waals surface area (Å²) in [7, 11) is 8.02. The van der Waals surface area contributed by atoms with Crippen molar-refractivity contribution in [2.24, 2.45) is 4.99 Å². The van der Waals surface area contributed by atoms with E-state index in [9.17, 15) is 0 Å². The highest BCUT2D eigenvalue weighted by Gasteiger charge is 2.04. The third-order valence-corrected chi connectivity index (χ3v) is 2.91. The van der Waals surface area contributed by atoms with Crippen LogP contribution in [0.5, 0.6) is 0 Å². The van der Waals surface area contributed by atoms with E-state index in [1.165, 1.54) is 0 Å². The van der Waals surface area contributed by atoms with E-state index in [1.807, 2.05) is 44.9 Å². The van der Waals surface area contributed by atoms with E-state index in [0.29, 0.717) is 0 Å². The number of hydrogen-bond acceptors (Lipinski definition) is 3. The molecule has 1 aromatic heterocycles. The Hall–Kier alpha value is -1.10. The van der Waals surface area contributed by atoms with Crippen LogP contribution in [0.3, 0.4) is 0 Å². The second kappa shape index (κ2) is 5.84. The minimum atomic E-state index is 0.787. The minimum absolute atomic E-state index is 0.787. The van der Waals surface area contributed by atoms with Gasteiger partial charge in [0, 0.05) is 46.5 Å². The molecular formula is C11H20N4S. The Balaban J connectivity index is 2.51. The van der Waals surface area contributed by atoms with Gasteiger partial charge in [-0.15, -0.1) is 11.3 Å². The van der Waals surface area contributed by atoms with Crippen molar-refractivity contribution in [1.82, 2.24) is 14.8 Å². The first-order chi connectivity index (χ1) is 7.50. The summed E-state index contributed by atoms with van der Waals surface area (Å²) in [6, 6.07) is 0. The molecule has 0 aromatic carbocycles. The van der Waals surface area contributed by atoms with Gasteiger partial charge in [-0.25, -0.2) is 4.98 Å². The number of aryl methyl sites for hydroxylation is 1. The van der Waals surface area contributed by atoms with Crippen molar-refractivity contribution in [1.29, 1.82) is 0 Å². The highest BCUT2D eigenvalue weighted by molar-refractivity contribution is 7.09. The largest absolute Gasteiger partial charge is 0.349 e. The number of rotatable bonds is 3. The molecule has 1 rings (SSSR count). The highest BCUT2D eigenvalue weighted by atomic mass is 32.1. The maximum absolute atomic E-state index is 4.56. The smallest absolute Gasteiger partial charge is 0.195 e. The van der Waals surface area contributed by atoms with E-state index in [0.717, 1.165) is 29.6 Å². The molecule has 4 nitrogen and oxygen atoms in total. The molecule has 1 heterocycles. The molecule has 0 spiro atoms. The van der Waals surface area contributed by atoms with Gasteiger partial charge in [0.2, 0.25) is 0 Å². The van der Waals surface area contributed by atoms with E-state index < -0.39 is 0 Å². The van der Waals surface area contributed by atoms with Crippen molar-refractivity contribution in [3.8, 4) is 0 Å². The zero-order chi connectivity index (χ0) is 12.1. The Kier molecular flexibility index (Phi) is 4.73. The first-order valence-corrected chi connectivity index (χ1v) is 6.18. The first-order valence-electron chi connectivity index (χ1n) is 5.31. The molecule has 0 atom stereocenters. The van der Waals surface area contributed by atoms with Crippen LogP contribution in [0.1, 0.15) is 10.7 Å². The van der Waals surface area contributed by atoms with Crippen LogP contribution < -0.4 is 0 Å². The third-order valence-electron chi connectivity index (χ3n) is 2.09. The monoisotopic (exact) mass is 240 g/mol. The standard InChI is InChI=1S/C11H20N4S/c1-9-13-10(8-16-9)6-7-12-11(14(2)3)15(4)5/h8H,6-7H2,1-5H3. The maximum Gasteiger partial charge on any atom is 0.195 e. The number of aromatic nitrogens is 1. The summed E-state index contributed by atoms with van der Waals surface area (Å²) in [5.74, 6) is 0.993. The third kappa shape index (κ3) is 3.81. The summed E-state index contributed by atoms with van der Waals surface area (Å²) < 4.78 is 0. The zero-order valence-electron chi connectivity index (χ0n) is 10.7. The van der Waals surface area contributed by atoms with Crippen LogP contribution in [-0.2, 0) is 6.42 Å². The van der Waals surface area contributed by atoms with Crippen molar-refractivity contribution >= 4 is 17.3 Å². The summed E-state index contributed by atoms with van der Waals surface area (Å²) in [6.07, 6.45) is 0.912. The normalized spacial score (nSPS) is 10.1. The molecule has 0 radical (unpaired) electrons. The summed E-state index contributed by atoms with van der Waals surface area (Å²) >= 11 is 1.70. The number of hydrogen-bond donors (Lipinski definition) is 0. The van der Waals surface area contributed by atoms with Crippen LogP contribution in [-0.4, -0.2) is 55.5 Å². The zero-order valence-corrected chi connectivity index (χ0v) is 11.5. The van der Waals surface area contributed by atoms with E-state index in [4.69, 9.17) is 0 Å². The van der Waals surface area contributed by atoms with Crippen LogP contribution in [0.15, 0.2) is 10.4 Å². The summed E-state index contributed by atoms with van der Waals surface area (Å²) in [5.41, 5.74) is 1.14. The molecule has 16 heavy (non-hydrogen) atoms. The van der Waals surface area contributed by atoms with Gasteiger partial charge in [0.25, 0.3) is 0 Å². The second-order valence-electron chi connectivity index (χ2n) is 4.08. The lowest BCUT2D eigenvalue weighted by molar-refractivity contribution is 0.479. The van der Waals surface area contributed by atoms with Gasteiger partial charge in [-0.1, -0.05) is 0 Å². The lowest BCUT2D eigenvalue weighted by atomic mass is 10.3. The Morgan fingerprint density at radius 3 is 2.38 bits per heavy atom. The van der Waals surface area contributed by atoms with Crippen LogP contribution in [0.4, 0.5) is 0 Å². The molecule has 5 heteroatoms. The van der Waals surface area contributed by atoms with Crippen molar-refractivity contribution in [3.05, 3.63) is 16.1 Å². The summed E-state index contributed by atoms with van der Waals surface area (Å²) in [6.45, 7) is 2.82. The topological polar surface area (TPSA) is 31.7 Å². The second-order valence-corrected chi connectivity index (χ2v) is 5.14. The molecule has 0 N–H and O–H groups in total. The quantitative estimate of drug-likeness (QED) is 0.592. The van der Waals surface area contributed by atoms with Gasteiger partial charge in [-0.3, -0.25) is 4.99 Å². The molecule has 0 aliphatic carbocycles. The molecule has 0 unspecified atom stereocenters. The summed E-state index contributed by atoms with van der Waals surface area (Å²) in [5, 5.41) is 3.23. The lowest BCUT2D eigenvalue weighted by Crippen LogP contribution is -2.35. The van der Waals surface area contributed by atoms with Gasteiger partial charge in [0.1, 0.15) is 0 Å². The highest BCUT2D eigenvalue weighted by Crippen LogP contribution is 2.08. The Bertz CT molecular complexity index is 345. The number of guanidine groups is 1. The number of nitrogens with zero attached hydrogens (tertiary/aromatic N) is 4. The molecule has 1 aromatic rings. The van der Waals surface area contributed by atoms with Crippen LogP contribution >= 0.6 is 11.3 Å². The Morgan fingerprint density at radius 1 is 1.31 bits per heavy atom. The molecular weight excluding hydrogens is 220 g/mol. The lowest BCUT2D eigenvalue weighted by Gasteiger charge is -2.22. The number of thiazole rings is 1. The fraction of sp³-hybridized carbons (Fsp3) is 0.636. The van der Waals surface area contributed by atoms with Crippen molar-refractivity contribution in [2.45, 2.75) is 13.3 Å². The van der Waals surface area contributed by atoms with Gasteiger partial charge < -0.3 is 9.80 Å². The van der Waals surface area contributed by atoms with E-state index >= 15 is 0 Å². The molecule has 90 valence electrons. The van der Waals surface area contributed by atoms with Crippen LogP contribution in [0.2, 0.25) is 0 Å². The number of aliphatic imine (C=N–C) groups is 1. The molecule has 0 amide bonds. The SMILES string of the molecule is Cc1nc(CCN=C(N(C)C)N(C)C)cs1. The fourth-order valence-electron chi connectivity index (χ4n) is 1.48. The van der Waals surface area contributed by atoms with Gasteiger partial charge in [0.05, 0.1) is 10.7 Å². The first kappa shape index (κ1) is 13.0. The average Bonchev–Trinajstić information content (AvgIpc) is 2.57. The fourth-order valence-corrected chi connectivity index (χ4v) is 2.12. The van der Waals surface area contributed by atoms with Gasteiger partial charge in [-0.2, -0.15) is 0 Å². The Labute approximate surface area is 102 Å². The van der Waals surface area contributed by atoms with Gasteiger partial charge in [-0.05, 0) is 6.92 Å². The van der Waals surface area contributed by atoms with E-state index in [1.54, 1.807) is 11.3 Å². The maximum atomic E-state index is 4.56. The molecule has 0 saturated carbocycles. The van der Waals surface area contributed by atoms with E-state index in [2.05, 4.69) is 15.4 Å². The molecule has 0 saturated heterocycles. The van der Waals surface area contributed by atoms with Gasteiger partial charge in [0.15, 0.2) is 5.96 Å². The molecule has 0 fully saturated rings. The summed E-state index contributed by atoms with van der Waals surface area (Å²) in [4.78, 5) is 13.0. The predicted molar refractivity (Wildman–Crippen MR) is 70.2 cm³/mol. The van der Waals surface area contributed by atoms with Crippen molar-refractivity contribution < 1.29 is 0 Å². The van der Waals surface area contributed by atoms with Crippen LogP contribution in [0, 0.1) is 6.92 Å². The minimum Gasteiger partial charge on any atom is -0.349 e. The molecule has 0 aliphatic rings. The van der Waals surface area contributed by atoms with Crippen molar-refractivity contribution in [3.63, 3.8) is 0 Å². The average molecular weight is 240 g/mol. The van der Waals surface area contributed by atoms with Crippen molar-refractivity contribution in [2.75, 3.05) is 34.7 Å². The predicted octanol–water partition coefficient (Wildman–Crippen LogP) is 1.47. The molecule has 0 bridgehead atoms. The van der Waals surface area contributed by atoms with E-state index in [-0.39, 0.29) is 0 Å². The van der Waals surface area contributed by atoms with Gasteiger partial charge >= 0.3 is 0 Å². The Morgan fingerprint density at radius 2 is 1.94 bits per heavy atom.